The highest BCUT2D eigenvalue weighted by Gasteiger charge is 2.31. The average molecular weight is 472 g/mol. The molecular weight excluding hydrogens is 446 g/mol. The van der Waals surface area contributed by atoms with Crippen molar-refractivity contribution in [3.63, 3.8) is 0 Å². The van der Waals surface area contributed by atoms with Crippen molar-refractivity contribution in [3.8, 4) is 5.75 Å². The number of nitrogens with zero attached hydrogens (tertiary/aromatic N) is 5. The van der Waals surface area contributed by atoms with Gasteiger partial charge in [-0.05, 0) is 24.6 Å². The Hall–Kier alpha value is -3.31. The molecule has 2 aliphatic rings. The summed E-state index contributed by atoms with van der Waals surface area (Å²) in [5.74, 6) is 0.280. The molecule has 0 spiro atoms. The van der Waals surface area contributed by atoms with Crippen molar-refractivity contribution < 1.29 is 23.4 Å². The fourth-order valence-corrected chi connectivity index (χ4v) is 4.49. The van der Waals surface area contributed by atoms with E-state index in [1.807, 2.05) is 12.1 Å². The van der Waals surface area contributed by atoms with Crippen molar-refractivity contribution >= 4 is 22.9 Å². The summed E-state index contributed by atoms with van der Waals surface area (Å²) in [6.07, 6.45) is 2.78. The second-order valence-corrected chi connectivity index (χ2v) is 9.02. The number of ether oxygens (including phenoxy) is 1. The molecule has 0 aliphatic carbocycles. The fourth-order valence-electron chi connectivity index (χ4n) is 4.49. The first kappa shape index (κ1) is 22.5. The van der Waals surface area contributed by atoms with Crippen LogP contribution in [0.25, 0.3) is 5.65 Å². The van der Waals surface area contributed by atoms with Gasteiger partial charge in [0.15, 0.2) is 5.65 Å². The standard InChI is InChI=1S/C23H26F2N6O3/c1-23(33)11-15-9-17(28-22(32)16-12-27-31-4-2-3-26-21(16)31)18(10-19(15)34-14-23)30-7-5-29(6-8-30)13-20(24)25/h2-4,9-10,12,20,33H,5-8,11,13-14H2,1H3,(H,28,32). The van der Waals surface area contributed by atoms with E-state index in [0.717, 1.165) is 11.3 Å². The monoisotopic (exact) mass is 472 g/mol. The van der Waals surface area contributed by atoms with Crippen LogP contribution in [0.3, 0.4) is 0 Å². The number of carbonyl (C=O) groups is 1. The van der Waals surface area contributed by atoms with Gasteiger partial charge in [0, 0.05) is 51.1 Å². The molecule has 4 heterocycles. The first-order valence-corrected chi connectivity index (χ1v) is 11.2. The van der Waals surface area contributed by atoms with Crippen LogP contribution in [0.1, 0.15) is 22.8 Å². The van der Waals surface area contributed by atoms with E-state index in [-0.39, 0.29) is 19.1 Å². The average Bonchev–Trinajstić information content (AvgIpc) is 3.23. The minimum atomic E-state index is -2.37. The lowest BCUT2D eigenvalue weighted by atomic mass is 9.93. The van der Waals surface area contributed by atoms with Gasteiger partial charge in [-0.15, -0.1) is 0 Å². The largest absolute Gasteiger partial charge is 0.490 e. The minimum Gasteiger partial charge on any atom is -0.490 e. The molecule has 34 heavy (non-hydrogen) atoms. The molecule has 1 amide bonds. The number of anilines is 2. The third-order valence-electron chi connectivity index (χ3n) is 6.17. The van der Waals surface area contributed by atoms with E-state index in [2.05, 4.69) is 20.3 Å². The predicted octanol–water partition coefficient (Wildman–Crippen LogP) is 2.05. The number of carbonyl (C=O) groups excluding carboxylic acids is 1. The first-order valence-electron chi connectivity index (χ1n) is 11.2. The molecule has 3 aromatic rings. The summed E-state index contributed by atoms with van der Waals surface area (Å²) in [6, 6.07) is 5.40. The summed E-state index contributed by atoms with van der Waals surface area (Å²) in [4.78, 5) is 21.2. The number of alkyl halides is 2. The number of amides is 1. The van der Waals surface area contributed by atoms with E-state index in [9.17, 15) is 18.7 Å². The normalized spacial score (nSPS) is 20.9. The molecule has 5 rings (SSSR count). The van der Waals surface area contributed by atoms with E-state index < -0.39 is 12.0 Å². The Morgan fingerprint density at radius 1 is 1.29 bits per heavy atom. The van der Waals surface area contributed by atoms with E-state index in [4.69, 9.17) is 4.74 Å². The van der Waals surface area contributed by atoms with E-state index >= 15 is 0 Å². The van der Waals surface area contributed by atoms with Crippen molar-refractivity contribution in [1.82, 2.24) is 19.5 Å². The summed E-state index contributed by atoms with van der Waals surface area (Å²) in [6.45, 7) is 3.66. The summed E-state index contributed by atoms with van der Waals surface area (Å²) < 4.78 is 32.9. The van der Waals surface area contributed by atoms with Crippen LogP contribution in [0, 0.1) is 0 Å². The van der Waals surface area contributed by atoms with Crippen LogP contribution < -0.4 is 15.0 Å². The van der Waals surface area contributed by atoms with Crippen LogP contribution in [0.5, 0.6) is 5.75 Å². The summed E-state index contributed by atoms with van der Waals surface area (Å²) >= 11 is 0. The van der Waals surface area contributed by atoms with Crippen LogP contribution in [-0.2, 0) is 6.42 Å². The van der Waals surface area contributed by atoms with Crippen LogP contribution >= 0.6 is 0 Å². The maximum atomic E-state index is 13.2. The molecule has 1 unspecified atom stereocenters. The molecule has 1 aromatic carbocycles. The molecule has 11 heteroatoms. The van der Waals surface area contributed by atoms with Crippen LogP contribution in [0.15, 0.2) is 36.8 Å². The minimum absolute atomic E-state index is 0.168. The highest BCUT2D eigenvalue weighted by Crippen LogP contribution is 2.39. The topological polar surface area (TPSA) is 95.2 Å². The van der Waals surface area contributed by atoms with Crippen LogP contribution in [0.2, 0.25) is 0 Å². The second-order valence-electron chi connectivity index (χ2n) is 9.02. The number of aromatic nitrogens is 3. The Kier molecular flexibility index (Phi) is 5.82. The number of halogens is 2. The van der Waals surface area contributed by atoms with Crippen LogP contribution in [0.4, 0.5) is 20.2 Å². The summed E-state index contributed by atoms with van der Waals surface area (Å²) in [5, 5.41) is 17.6. The molecular formula is C23H26F2N6O3. The van der Waals surface area contributed by atoms with Gasteiger partial charge in [0.25, 0.3) is 12.3 Å². The SMILES string of the molecule is CC1(O)COc2cc(N3CCN(CC(F)F)CC3)c(NC(=O)c3cnn4cccnc34)cc2C1. The van der Waals surface area contributed by atoms with Crippen LogP contribution in [-0.4, -0.2) is 81.9 Å². The van der Waals surface area contributed by atoms with Crippen molar-refractivity contribution in [1.29, 1.82) is 0 Å². The zero-order valence-electron chi connectivity index (χ0n) is 18.7. The van der Waals surface area contributed by atoms with E-state index in [1.54, 1.807) is 30.3 Å². The number of hydrogen-bond donors (Lipinski definition) is 2. The lowest BCUT2D eigenvalue weighted by Crippen LogP contribution is -2.48. The lowest BCUT2D eigenvalue weighted by molar-refractivity contribution is -0.000569. The van der Waals surface area contributed by atoms with E-state index in [1.165, 1.54) is 10.7 Å². The molecule has 1 atom stereocenters. The Morgan fingerprint density at radius 2 is 2.09 bits per heavy atom. The highest BCUT2D eigenvalue weighted by molar-refractivity contribution is 6.09. The second kappa shape index (κ2) is 8.80. The molecule has 2 aliphatic heterocycles. The maximum Gasteiger partial charge on any atom is 0.261 e. The van der Waals surface area contributed by atoms with Gasteiger partial charge in [0.1, 0.15) is 17.9 Å². The molecule has 0 radical (unpaired) electrons. The van der Waals surface area contributed by atoms with Gasteiger partial charge >= 0.3 is 0 Å². The fraction of sp³-hybridized carbons (Fsp3) is 0.435. The third-order valence-corrected chi connectivity index (χ3v) is 6.17. The number of hydrogen-bond acceptors (Lipinski definition) is 7. The number of aliphatic hydroxyl groups is 1. The van der Waals surface area contributed by atoms with E-state index in [0.29, 0.717) is 55.2 Å². The molecule has 180 valence electrons. The number of piperazine rings is 1. The maximum absolute atomic E-state index is 13.2. The summed E-state index contributed by atoms with van der Waals surface area (Å²) in [7, 11) is 0. The number of nitrogens with one attached hydrogen (secondary N) is 1. The third kappa shape index (κ3) is 4.53. The zero-order chi connectivity index (χ0) is 23.9. The molecule has 1 fully saturated rings. The Morgan fingerprint density at radius 3 is 2.85 bits per heavy atom. The molecule has 0 bridgehead atoms. The molecule has 2 N–H and O–H groups in total. The van der Waals surface area contributed by atoms with Gasteiger partial charge in [-0.1, -0.05) is 0 Å². The van der Waals surface area contributed by atoms with Crippen molar-refractivity contribution in [2.75, 3.05) is 49.5 Å². The number of fused-ring (bicyclic) bond motifs is 2. The summed E-state index contributed by atoms with van der Waals surface area (Å²) in [5.41, 5.74) is 1.84. The molecule has 0 saturated carbocycles. The van der Waals surface area contributed by atoms with Gasteiger partial charge < -0.3 is 20.1 Å². The lowest BCUT2D eigenvalue weighted by Gasteiger charge is -2.38. The van der Waals surface area contributed by atoms with Gasteiger partial charge in [0.05, 0.1) is 29.7 Å². The van der Waals surface area contributed by atoms with Crippen molar-refractivity contribution in [3.05, 3.63) is 47.9 Å². The van der Waals surface area contributed by atoms with Crippen molar-refractivity contribution in [2.45, 2.75) is 25.4 Å². The highest BCUT2D eigenvalue weighted by atomic mass is 19.3. The van der Waals surface area contributed by atoms with Crippen molar-refractivity contribution in [2.24, 2.45) is 0 Å². The van der Waals surface area contributed by atoms with Gasteiger partial charge in [-0.2, -0.15) is 5.10 Å². The van der Waals surface area contributed by atoms with Gasteiger partial charge in [-0.3, -0.25) is 9.69 Å². The Balaban J connectivity index is 1.45. The zero-order valence-corrected chi connectivity index (χ0v) is 18.7. The smallest absolute Gasteiger partial charge is 0.261 e. The number of benzene rings is 1. The Bertz CT molecular complexity index is 1210. The first-order chi connectivity index (χ1) is 16.3. The number of rotatable bonds is 5. The predicted molar refractivity (Wildman–Crippen MR) is 122 cm³/mol. The molecule has 1 saturated heterocycles. The quantitative estimate of drug-likeness (QED) is 0.587. The molecule has 2 aromatic heterocycles. The molecule has 9 nitrogen and oxygen atoms in total. The Labute approximate surface area is 194 Å². The van der Waals surface area contributed by atoms with Gasteiger partial charge in [-0.25, -0.2) is 18.3 Å². The van der Waals surface area contributed by atoms with Gasteiger partial charge in [0.2, 0.25) is 0 Å².